The van der Waals surface area contributed by atoms with Crippen LogP contribution in [-0.2, 0) is 0 Å². The number of halogens is 2. The SMILES string of the molecule is CCCC(CCBr)CNC(=O)c1cc(Cl)cc([N+](=O)[O-])c1. The molecule has 0 aliphatic rings. The number of carbonyl (C=O) groups excluding carboxylic acids is 1. The number of nitrogens with one attached hydrogen (secondary N) is 1. The van der Waals surface area contributed by atoms with Gasteiger partial charge in [0.2, 0.25) is 0 Å². The van der Waals surface area contributed by atoms with E-state index in [1.165, 1.54) is 18.2 Å². The number of amides is 1. The summed E-state index contributed by atoms with van der Waals surface area (Å²) in [5.74, 6) is 0.0590. The number of hydrogen-bond donors (Lipinski definition) is 1. The van der Waals surface area contributed by atoms with Crippen molar-refractivity contribution in [3.63, 3.8) is 0 Å². The standard InChI is InChI=1S/C14H18BrClN2O3/c1-2-3-10(4-5-15)9-17-14(19)11-6-12(16)8-13(7-11)18(20)21/h6-8,10H,2-5,9H2,1H3,(H,17,19). The highest BCUT2D eigenvalue weighted by Gasteiger charge is 2.15. The molecular weight excluding hydrogens is 360 g/mol. The van der Waals surface area contributed by atoms with E-state index in [2.05, 4.69) is 28.2 Å². The van der Waals surface area contributed by atoms with Gasteiger partial charge in [0.1, 0.15) is 0 Å². The quantitative estimate of drug-likeness (QED) is 0.419. The molecule has 1 rings (SSSR count). The van der Waals surface area contributed by atoms with Crippen molar-refractivity contribution in [3.8, 4) is 0 Å². The molecule has 0 aliphatic heterocycles. The van der Waals surface area contributed by atoms with Gasteiger partial charge in [0.25, 0.3) is 11.6 Å². The summed E-state index contributed by atoms with van der Waals surface area (Å²) < 4.78 is 0. The summed E-state index contributed by atoms with van der Waals surface area (Å²) >= 11 is 9.21. The van der Waals surface area contributed by atoms with Gasteiger partial charge in [-0.1, -0.05) is 40.9 Å². The zero-order valence-electron chi connectivity index (χ0n) is 11.8. The molecule has 0 spiro atoms. The van der Waals surface area contributed by atoms with Crippen molar-refractivity contribution in [2.45, 2.75) is 26.2 Å². The van der Waals surface area contributed by atoms with Gasteiger partial charge in [-0.2, -0.15) is 0 Å². The number of rotatable bonds is 8. The topological polar surface area (TPSA) is 72.2 Å². The molecule has 1 aromatic rings. The molecule has 1 N–H and O–H groups in total. The molecule has 0 saturated heterocycles. The number of alkyl halides is 1. The van der Waals surface area contributed by atoms with Crippen LogP contribution < -0.4 is 5.32 Å². The average molecular weight is 378 g/mol. The van der Waals surface area contributed by atoms with Crippen LogP contribution in [0.5, 0.6) is 0 Å². The van der Waals surface area contributed by atoms with Gasteiger partial charge in [0, 0.05) is 34.6 Å². The van der Waals surface area contributed by atoms with Crippen LogP contribution in [0.1, 0.15) is 36.5 Å². The first-order valence-electron chi connectivity index (χ1n) is 6.77. The first kappa shape index (κ1) is 17.9. The fourth-order valence-electron chi connectivity index (χ4n) is 2.06. The Morgan fingerprint density at radius 3 is 2.71 bits per heavy atom. The molecule has 0 aromatic heterocycles. The fourth-order valence-corrected chi connectivity index (χ4v) is 2.94. The normalized spacial score (nSPS) is 12.0. The maximum Gasteiger partial charge on any atom is 0.271 e. The van der Waals surface area contributed by atoms with Gasteiger partial charge in [-0.25, -0.2) is 0 Å². The van der Waals surface area contributed by atoms with Gasteiger partial charge in [0.05, 0.1) is 4.92 Å². The predicted octanol–water partition coefficient (Wildman–Crippen LogP) is 4.18. The first-order chi connectivity index (χ1) is 9.97. The molecule has 21 heavy (non-hydrogen) atoms. The molecule has 1 unspecified atom stereocenters. The number of benzene rings is 1. The van der Waals surface area contributed by atoms with E-state index >= 15 is 0 Å². The second kappa shape index (κ2) is 9.00. The van der Waals surface area contributed by atoms with Gasteiger partial charge < -0.3 is 5.32 Å². The highest BCUT2D eigenvalue weighted by Crippen LogP contribution is 2.21. The lowest BCUT2D eigenvalue weighted by atomic mass is 10.0. The second-order valence-electron chi connectivity index (χ2n) is 4.80. The van der Waals surface area contributed by atoms with Gasteiger partial charge in [0.15, 0.2) is 0 Å². The van der Waals surface area contributed by atoms with Crippen LogP contribution in [0.25, 0.3) is 0 Å². The van der Waals surface area contributed by atoms with Crippen molar-refractivity contribution < 1.29 is 9.72 Å². The molecule has 0 aliphatic carbocycles. The third kappa shape index (κ3) is 6.01. The maximum absolute atomic E-state index is 12.1. The van der Waals surface area contributed by atoms with Crippen molar-refractivity contribution in [3.05, 3.63) is 38.9 Å². The number of nitro benzene ring substituents is 1. The van der Waals surface area contributed by atoms with Crippen LogP contribution in [0.3, 0.4) is 0 Å². The molecule has 1 aromatic carbocycles. The Labute approximate surface area is 137 Å². The van der Waals surface area contributed by atoms with Crippen LogP contribution in [0, 0.1) is 16.0 Å². The zero-order valence-corrected chi connectivity index (χ0v) is 14.1. The molecule has 7 heteroatoms. The number of non-ortho nitro benzene ring substituents is 1. The van der Waals surface area contributed by atoms with Gasteiger partial charge in [-0.15, -0.1) is 0 Å². The van der Waals surface area contributed by atoms with Crippen LogP contribution >= 0.6 is 27.5 Å². The summed E-state index contributed by atoms with van der Waals surface area (Å²) in [5.41, 5.74) is 0.0292. The zero-order chi connectivity index (χ0) is 15.8. The third-order valence-electron chi connectivity index (χ3n) is 3.12. The molecule has 0 fully saturated rings. The van der Waals surface area contributed by atoms with E-state index in [0.717, 1.165) is 24.6 Å². The molecule has 5 nitrogen and oxygen atoms in total. The summed E-state index contributed by atoms with van der Waals surface area (Å²) in [6.45, 7) is 2.65. The first-order valence-corrected chi connectivity index (χ1v) is 8.27. The molecule has 0 radical (unpaired) electrons. The molecule has 1 amide bonds. The van der Waals surface area contributed by atoms with Crippen molar-refractivity contribution >= 4 is 39.1 Å². The number of nitro groups is 1. The minimum absolute atomic E-state index is 0.180. The van der Waals surface area contributed by atoms with Crippen molar-refractivity contribution in [1.29, 1.82) is 0 Å². The second-order valence-corrected chi connectivity index (χ2v) is 6.03. The van der Waals surface area contributed by atoms with Crippen molar-refractivity contribution in [2.24, 2.45) is 5.92 Å². The van der Waals surface area contributed by atoms with Crippen LogP contribution in [0.15, 0.2) is 18.2 Å². The smallest absolute Gasteiger partial charge is 0.271 e. The Hall–Kier alpha value is -1.14. The highest BCUT2D eigenvalue weighted by atomic mass is 79.9. The molecular formula is C14H18BrClN2O3. The minimum Gasteiger partial charge on any atom is -0.352 e. The van der Waals surface area contributed by atoms with Crippen LogP contribution in [0.4, 0.5) is 5.69 Å². The van der Waals surface area contributed by atoms with E-state index in [-0.39, 0.29) is 22.2 Å². The number of hydrogen-bond acceptors (Lipinski definition) is 3. The van der Waals surface area contributed by atoms with E-state index in [0.29, 0.717) is 12.5 Å². The lowest BCUT2D eigenvalue weighted by molar-refractivity contribution is -0.384. The Kier molecular flexibility index (Phi) is 7.67. The van der Waals surface area contributed by atoms with E-state index < -0.39 is 4.92 Å². The van der Waals surface area contributed by atoms with Crippen LogP contribution in [0.2, 0.25) is 5.02 Å². The van der Waals surface area contributed by atoms with E-state index in [1.54, 1.807) is 0 Å². The summed E-state index contributed by atoms with van der Waals surface area (Å²) in [6, 6.07) is 3.90. The van der Waals surface area contributed by atoms with Gasteiger partial charge in [-0.05, 0) is 24.8 Å². The Morgan fingerprint density at radius 1 is 1.43 bits per heavy atom. The van der Waals surface area contributed by atoms with Crippen molar-refractivity contribution in [2.75, 3.05) is 11.9 Å². The fraction of sp³-hybridized carbons (Fsp3) is 0.500. The number of nitrogens with zero attached hydrogens (tertiary/aromatic N) is 1. The summed E-state index contributed by atoms with van der Waals surface area (Å²) in [5, 5.41) is 14.7. The average Bonchev–Trinajstić information content (AvgIpc) is 2.44. The molecule has 116 valence electrons. The summed E-state index contributed by atoms with van der Waals surface area (Å²) in [7, 11) is 0. The largest absolute Gasteiger partial charge is 0.352 e. The third-order valence-corrected chi connectivity index (χ3v) is 3.80. The van der Waals surface area contributed by atoms with E-state index in [4.69, 9.17) is 11.6 Å². The van der Waals surface area contributed by atoms with Gasteiger partial charge in [-0.3, -0.25) is 14.9 Å². The molecule has 0 saturated carbocycles. The predicted molar refractivity (Wildman–Crippen MR) is 87.2 cm³/mol. The van der Waals surface area contributed by atoms with E-state index in [9.17, 15) is 14.9 Å². The summed E-state index contributed by atoms with van der Waals surface area (Å²) in [6.07, 6.45) is 3.06. The minimum atomic E-state index is -0.562. The molecule has 0 heterocycles. The van der Waals surface area contributed by atoms with Gasteiger partial charge >= 0.3 is 0 Å². The van der Waals surface area contributed by atoms with Crippen molar-refractivity contribution in [1.82, 2.24) is 5.32 Å². The summed E-state index contributed by atoms with van der Waals surface area (Å²) in [4.78, 5) is 22.3. The molecule has 1 atom stereocenters. The maximum atomic E-state index is 12.1. The Balaban J connectivity index is 2.72. The van der Waals surface area contributed by atoms with E-state index in [1.807, 2.05) is 0 Å². The lowest BCUT2D eigenvalue weighted by Gasteiger charge is -2.15. The lowest BCUT2D eigenvalue weighted by Crippen LogP contribution is -2.29. The molecule has 0 bridgehead atoms. The highest BCUT2D eigenvalue weighted by molar-refractivity contribution is 9.09. The number of carbonyl (C=O) groups is 1. The van der Waals surface area contributed by atoms with Crippen LogP contribution in [-0.4, -0.2) is 22.7 Å². The Bertz CT molecular complexity index is 505. The monoisotopic (exact) mass is 376 g/mol. The Morgan fingerprint density at radius 2 is 2.14 bits per heavy atom.